The number of carbonyl (C=O) groups excluding carboxylic acids is 2. The minimum Gasteiger partial charge on any atom is -0.354 e. The molecule has 0 heterocycles. The molecule has 0 unspecified atom stereocenters. The summed E-state index contributed by atoms with van der Waals surface area (Å²) >= 11 is 18.4. The first-order chi connectivity index (χ1) is 16.8. The molecule has 36 heavy (non-hydrogen) atoms. The molecule has 2 aromatic carbocycles. The molecule has 2 aromatic rings. The van der Waals surface area contributed by atoms with Crippen LogP contribution in [0.15, 0.2) is 36.4 Å². The number of rotatable bonds is 11. The van der Waals surface area contributed by atoms with Crippen LogP contribution in [-0.4, -0.2) is 50.5 Å². The Bertz CT molecular complexity index is 1210. The summed E-state index contributed by atoms with van der Waals surface area (Å²) in [5, 5.41) is 3.93. The number of hydrogen-bond donors (Lipinski definition) is 1. The Morgan fingerprint density at radius 1 is 1.03 bits per heavy atom. The Hall–Kier alpha value is -2.00. The van der Waals surface area contributed by atoms with E-state index in [9.17, 15) is 18.0 Å². The van der Waals surface area contributed by atoms with Gasteiger partial charge in [-0.1, -0.05) is 67.7 Å². The summed E-state index contributed by atoms with van der Waals surface area (Å²) in [6.45, 7) is 7.40. The highest BCUT2D eigenvalue weighted by molar-refractivity contribution is 7.92. The topological polar surface area (TPSA) is 86.8 Å². The highest BCUT2D eigenvalue weighted by Gasteiger charge is 2.32. The molecule has 11 heteroatoms. The van der Waals surface area contributed by atoms with Gasteiger partial charge in [-0.15, -0.1) is 0 Å². The van der Waals surface area contributed by atoms with Gasteiger partial charge in [-0.3, -0.25) is 13.9 Å². The lowest BCUT2D eigenvalue weighted by Gasteiger charge is -2.33. The number of hydrogen-bond acceptors (Lipinski definition) is 4. The lowest BCUT2D eigenvalue weighted by Crippen LogP contribution is -2.52. The van der Waals surface area contributed by atoms with Crippen LogP contribution in [0.1, 0.15) is 38.3 Å². The fourth-order valence-electron chi connectivity index (χ4n) is 3.64. The molecule has 198 valence electrons. The molecule has 0 radical (unpaired) electrons. The normalized spacial score (nSPS) is 12.4. The van der Waals surface area contributed by atoms with Crippen molar-refractivity contribution in [2.75, 3.05) is 23.7 Å². The van der Waals surface area contributed by atoms with Crippen molar-refractivity contribution in [1.29, 1.82) is 0 Å². The van der Waals surface area contributed by atoms with Gasteiger partial charge in [0.2, 0.25) is 21.8 Å². The minimum atomic E-state index is -3.86. The standard InChI is InChI=1S/C25H32Cl3N3O4S/c1-6-22(25(33)29-13-16(2)3)30(14-18-10-11-20(27)21(28)12-18)24(32)15-31(36(5,34)35)23-9-7-8-19(26)17(23)4/h7-12,16,22H,6,13-15H2,1-5H3,(H,29,33)/t22-/m1/s1. The zero-order valence-electron chi connectivity index (χ0n) is 21.0. The van der Waals surface area contributed by atoms with E-state index in [1.165, 1.54) is 4.90 Å². The third kappa shape index (κ3) is 8.00. The number of halogens is 3. The van der Waals surface area contributed by atoms with E-state index in [1.54, 1.807) is 50.2 Å². The van der Waals surface area contributed by atoms with E-state index in [4.69, 9.17) is 34.8 Å². The molecule has 0 aromatic heterocycles. The van der Waals surface area contributed by atoms with Crippen LogP contribution in [-0.2, 0) is 26.2 Å². The first-order valence-corrected chi connectivity index (χ1v) is 14.5. The molecule has 0 saturated carbocycles. The summed E-state index contributed by atoms with van der Waals surface area (Å²) in [6, 6.07) is 8.97. The summed E-state index contributed by atoms with van der Waals surface area (Å²) in [6.07, 6.45) is 1.35. The molecule has 2 rings (SSSR count). The summed E-state index contributed by atoms with van der Waals surface area (Å²) in [4.78, 5) is 28.2. The van der Waals surface area contributed by atoms with Gasteiger partial charge in [-0.25, -0.2) is 8.42 Å². The highest BCUT2D eigenvalue weighted by Crippen LogP contribution is 2.29. The number of carbonyl (C=O) groups is 2. The van der Waals surface area contributed by atoms with E-state index in [2.05, 4.69) is 5.32 Å². The largest absolute Gasteiger partial charge is 0.354 e. The van der Waals surface area contributed by atoms with Gasteiger partial charge in [0.1, 0.15) is 12.6 Å². The van der Waals surface area contributed by atoms with Gasteiger partial charge < -0.3 is 10.2 Å². The number of benzene rings is 2. The lowest BCUT2D eigenvalue weighted by atomic mass is 10.1. The first-order valence-electron chi connectivity index (χ1n) is 11.5. The Labute approximate surface area is 228 Å². The molecule has 0 aliphatic heterocycles. The molecule has 0 aliphatic carbocycles. The van der Waals surface area contributed by atoms with Gasteiger partial charge >= 0.3 is 0 Å². The van der Waals surface area contributed by atoms with Crippen molar-refractivity contribution in [1.82, 2.24) is 10.2 Å². The average molecular weight is 577 g/mol. The predicted molar refractivity (Wildman–Crippen MR) is 147 cm³/mol. The van der Waals surface area contributed by atoms with Crippen LogP contribution in [0.4, 0.5) is 5.69 Å². The fourth-order valence-corrected chi connectivity index (χ4v) is 5.03. The second kappa shape index (κ2) is 13.0. The molecule has 0 fully saturated rings. The van der Waals surface area contributed by atoms with Crippen LogP contribution < -0.4 is 9.62 Å². The minimum absolute atomic E-state index is 0.0372. The highest BCUT2D eigenvalue weighted by atomic mass is 35.5. The second-order valence-electron chi connectivity index (χ2n) is 8.99. The number of amides is 2. The van der Waals surface area contributed by atoms with E-state index >= 15 is 0 Å². The number of nitrogens with zero attached hydrogens (tertiary/aromatic N) is 2. The second-order valence-corrected chi connectivity index (χ2v) is 12.1. The van der Waals surface area contributed by atoms with E-state index in [0.717, 1.165) is 10.6 Å². The van der Waals surface area contributed by atoms with Crippen molar-refractivity contribution in [3.63, 3.8) is 0 Å². The molecular weight excluding hydrogens is 545 g/mol. The maximum atomic E-state index is 13.7. The molecule has 7 nitrogen and oxygen atoms in total. The molecule has 0 spiro atoms. The predicted octanol–water partition coefficient (Wildman–Crippen LogP) is 5.30. The SMILES string of the molecule is CC[C@H](C(=O)NCC(C)C)N(Cc1ccc(Cl)c(Cl)c1)C(=O)CN(c1cccc(Cl)c1C)S(C)(=O)=O. The van der Waals surface area contributed by atoms with Gasteiger partial charge in [0.05, 0.1) is 22.0 Å². The van der Waals surface area contributed by atoms with Crippen LogP contribution >= 0.6 is 34.8 Å². The number of nitrogens with one attached hydrogen (secondary N) is 1. The number of sulfonamides is 1. The van der Waals surface area contributed by atoms with Crippen LogP contribution in [0.2, 0.25) is 15.1 Å². The zero-order valence-corrected chi connectivity index (χ0v) is 24.1. The van der Waals surface area contributed by atoms with Crippen molar-refractivity contribution in [2.24, 2.45) is 5.92 Å². The van der Waals surface area contributed by atoms with E-state index in [1.807, 2.05) is 13.8 Å². The van der Waals surface area contributed by atoms with E-state index < -0.39 is 28.5 Å². The van der Waals surface area contributed by atoms with Crippen LogP contribution in [0.5, 0.6) is 0 Å². The molecule has 0 saturated heterocycles. The van der Waals surface area contributed by atoms with Gasteiger partial charge in [0.25, 0.3) is 0 Å². The Morgan fingerprint density at radius 3 is 2.25 bits per heavy atom. The van der Waals surface area contributed by atoms with Crippen LogP contribution in [0.25, 0.3) is 0 Å². The Morgan fingerprint density at radius 2 is 1.69 bits per heavy atom. The monoisotopic (exact) mass is 575 g/mol. The third-order valence-electron chi connectivity index (χ3n) is 5.59. The van der Waals surface area contributed by atoms with Crippen LogP contribution in [0, 0.1) is 12.8 Å². The summed E-state index contributed by atoms with van der Waals surface area (Å²) in [5.41, 5.74) is 1.47. The Kier molecular flexibility index (Phi) is 10.9. The summed E-state index contributed by atoms with van der Waals surface area (Å²) in [5.74, 6) is -0.640. The Balaban J connectivity index is 2.49. The van der Waals surface area contributed by atoms with Crippen molar-refractivity contribution in [2.45, 2.75) is 46.7 Å². The van der Waals surface area contributed by atoms with Gasteiger partial charge in [0, 0.05) is 18.1 Å². The number of anilines is 1. The van der Waals surface area contributed by atoms with E-state index in [-0.39, 0.29) is 18.4 Å². The summed E-state index contributed by atoms with van der Waals surface area (Å²) in [7, 11) is -3.86. The molecule has 0 bridgehead atoms. The van der Waals surface area contributed by atoms with Crippen molar-refractivity contribution in [3.05, 3.63) is 62.6 Å². The zero-order chi connectivity index (χ0) is 27.2. The van der Waals surface area contributed by atoms with Crippen molar-refractivity contribution >= 4 is 62.3 Å². The molecular formula is C25H32Cl3N3O4S. The molecule has 1 N–H and O–H groups in total. The molecule has 0 aliphatic rings. The molecule has 1 atom stereocenters. The smallest absolute Gasteiger partial charge is 0.244 e. The van der Waals surface area contributed by atoms with Crippen molar-refractivity contribution < 1.29 is 18.0 Å². The molecule has 2 amide bonds. The fraction of sp³-hybridized carbons (Fsp3) is 0.440. The maximum Gasteiger partial charge on any atom is 0.244 e. The van der Waals surface area contributed by atoms with Crippen molar-refractivity contribution in [3.8, 4) is 0 Å². The lowest BCUT2D eigenvalue weighted by molar-refractivity contribution is -0.140. The average Bonchev–Trinajstić information content (AvgIpc) is 2.79. The maximum absolute atomic E-state index is 13.7. The van der Waals surface area contributed by atoms with Crippen LogP contribution in [0.3, 0.4) is 0 Å². The third-order valence-corrected chi connectivity index (χ3v) is 7.87. The van der Waals surface area contributed by atoms with Gasteiger partial charge in [0.15, 0.2) is 0 Å². The van der Waals surface area contributed by atoms with Gasteiger partial charge in [-0.2, -0.15) is 0 Å². The van der Waals surface area contributed by atoms with Gasteiger partial charge in [-0.05, 0) is 54.7 Å². The quantitative estimate of drug-likeness (QED) is 0.393. The first kappa shape index (κ1) is 30.2. The summed E-state index contributed by atoms with van der Waals surface area (Å²) < 4.78 is 26.5. The van der Waals surface area contributed by atoms with E-state index in [0.29, 0.717) is 44.8 Å².